The van der Waals surface area contributed by atoms with Crippen molar-refractivity contribution >= 4 is 11.7 Å². The largest absolute Gasteiger partial charge is 0.369 e. The maximum atomic E-state index is 11.7. The molecule has 0 atom stereocenters. The van der Waals surface area contributed by atoms with Crippen molar-refractivity contribution in [2.24, 2.45) is 0 Å². The van der Waals surface area contributed by atoms with Gasteiger partial charge in [0.2, 0.25) is 0 Å². The van der Waals surface area contributed by atoms with E-state index in [1.807, 2.05) is 19.9 Å². The number of hydrogen-bond donors (Lipinski definition) is 2. The minimum absolute atomic E-state index is 0.113. The van der Waals surface area contributed by atoms with E-state index in [9.17, 15) is 4.79 Å². The predicted octanol–water partition coefficient (Wildman–Crippen LogP) is 1.65. The van der Waals surface area contributed by atoms with Crippen LogP contribution >= 0.6 is 0 Å². The van der Waals surface area contributed by atoms with Gasteiger partial charge < -0.3 is 20.4 Å². The van der Waals surface area contributed by atoms with E-state index >= 15 is 0 Å². The molecule has 0 bridgehead atoms. The Labute approximate surface area is 127 Å². The highest BCUT2D eigenvalue weighted by Gasteiger charge is 2.16. The van der Waals surface area contributed by atoms with Gasteiger partial charge >= 0.3 is 6.03 Å². The van der Waals surface area contributed by atoms with Gasteiger partial charge in [0.25, 0.3) is 0 Å². The molecule has 0 radical (unpaired) electrons. The first kappa shape index (κ1) is 15.6. The van der Waals surface area contributed by atoms with Crippen molar-refractivity contribution in [2.75, 3.05) is 38.1 Å². The van der Waals surface area contributed by atoms with Gasteiger partial charge in [0.1, 0.15) is 0 Å². The van der Waals surface area contributed by atoms with Gasteiger partial charge in [-0.05, 0) is 32.5 Å². The summed E-state index contributed by atoms with van der Waals surface area (Å²) in [5.74, 6) is 0. The van der Waals surface area contributed by atoms with Crippen molar-refractivity contribution in [3.8, 4) is 0 Å². The number of benzene rings is 1. The molecule has 5 nitrogen and oxygen atoms in total. The van der Waals surface area contributed by atoms with E-state index in [4.69, 9.17) is 0 Å². The number of carbonyl (C=O) groups excluding carboxylic acids is 1. The zero-order valence-corrected chi connectivity index (χ0v) is 13.2. The molecular formula is C16H26N4O. The van der Waals surface area contributed by atoms with Crippen LogP contribution in [0.3, 0.4) is 0 Å². The maximum Gasteiger partial charge on any atom is 0.315 e. The average molecular weight is 290 g/mol. The smallest absolute Gasteiger partial charge is 0.315 e. The topological polar surface area (TPSA) is 47.6 Å². The second-order valence-electron chi connectivity index (χ2n) is 5.90. The van der Waals surface area contributed by atoms with Gasteiger partial charge in [-0.15, -0.1) is 0 Å². The first-order valence-electron chi connectivity index (χ1n) is 7.62. The third kappa shape index (κ3) is 4.63. The van der Waals surface area contributed by atoms with Crippen molar-refractivity contribution in [2.45, 2.75) is 26.4 Å². The molecule has 2 rings (SSSR count). The van der Waals surface area contributed by atoms with Gasteiger partial charge in [0.15, 0.2) is 0 Å². The van der Waals surface area contributed by atoms with Crippen LogP contribution < -0.4 is 15.5 Å². The number of piperazine rings is 1. The molecule has 2 N–H and O–H groups in total. The number of carbonyl (C=O) groups is 1. The number of hydrogen-bond acceptors (Lipinski definition) is 3. The van der Waals surface area contributed by atoms with Crippen LogP contribution in [0, 0.1) is 0 Å². The number of urea groups is 1. The Kier molecular flexibility index (Phi) is 5.44. The maximum absolute atomic E-state index is 11.7. The van der Waals surface area contributed by atoms with Crippen LogP contribution in [-0.2, 0) is 6.54 Å². The number of para-hydroxylation sites is 1. The van der Waals surface area contributed by atoms with Crippen LogP contribution in [0.25, 0.3) is 0 Å². The average Bonchev–Trinajstić information content (AvgIpc) is 2.46. The van der Waals surface area contributed by atoms with Crippen molar-refractivity contribution in [1.82, 2.24) is 15.5 Å². The van der Waals surface area contributed by atoms with Crippen LogP contribution in [0.15, 0.2) is 24.3 Å². The fourth-order valence-corrected chi connectivity index (χ4v) is 2.50. The number of rotatable bonds is 4. The molecule has 1 aromatic rings. The molecule has 0 aliphatic carbocycles. The Morgan fingerprint density at radius 3 is 2.52 bits per heavy atom. The summed E-state index contributed by atoms with van der Waals surface area (Å²) < 4.78 is 0. The Morgan fingerprint density at radius 2 is 1.86 bits per heavy atom. The van der Waals surface area contributed by atoms with E-state index in [1.54, 1.807) is 0 Å². The Balaban J connectivity index is 1.98. The number of amides is 2. The summed E-state index contributed by atoms with van der Waals surface area (Å²) in [5, 5.41) is 5.78. The van der Waals surface area contributed by atoms with Crippen LogP contribution in [0.1, 0.15) is 19.4 Å². The Hall–Kier alpha value is -1.75. The molecule has 0 spiro atoms. The number of nitrogens with zero attached hydrogens (tertiary/aromatic N) is 2. The normalized spacial score (nSPS) is 16.1. The SMILES string of the molecule is CC(C)NC(=O)NCc1ccccc1N1CCN(C)CC1. The highest BCUT2D eigenvalue weighted by molar-refractivity contribution is 5.74. The number of nitrogens with one attached hydrogen (secondary N) is 2. The lowest BCUT2D eigenvalue weighted by atomic mass is 10.1. The van der Waals surface area contributed by atoms with E-state index in [1.165, 1.54) is 11.3 Å². The van der Waals surface area contributed by atoms with E-state index in [0.29, 0.717) is 6.54 Å². The van der Waals surface area contributed by atoms with Gasteiger partial charge in [-0.3, -0.25) is 0 Å². The van der Waals surface area contributed by atoms with Gasteiger partial charge in [0, 0.05) is 44.5 Å². The molecule has 5 heteroatoms. The molecule has 2 amide bonds. The van der Waals surface area contributed by atoms with E-state index in [-0.39, 0.29) is 12.1 Å². The summed E-state index contributed by atoms with van der Waals surface area (Å²) in [6.45, 7) is 8.69. The van der Waals surface area contributed by atoms with Crippen LogP contribution in [0.5, 0.6) is 0 Å². The fourth-order valence-electron chi connectivity index (χ4n) is 2.50. The second kappa shape index (κ2) is 7.31. The lowest BCUT2D eigenvalue weighted by molar-refractivity contribution is 0.238. The second-order valence-corrected chi connectivity index (χ2v) is 5.90. The lowest BCUT2D eigenvalue weighted by Crippen LogP contribution is -2.45. The molecule has 1 heterocycles. The lowest BCUT2D eigenvalue weighted by Gasteiger charge is -2.35. The van der Waals surface area contributed by atoms with Gasteiger partial charge in [0.05, 0.1) is 0 Å². The molecule has 1 aromatic carbocycles. The zero-order valence-electron chi connectivity index (χ0n) is 13.2. The molecule has 21 heavy (non-hydrogen) atoms. The van der Waals surface area contributed by atoms with Crippen LogP contribution in [-0.4, -0.2) is 50.2 Å². The highest BCUT2D eigenvalue weighted by Crippen LogP contribution is 2.21. The molecule has 1 aliphatic heterocycles. The first-order valence-corrected chi connectivity index (χ1v) is 7.62. The minimum Gasteiger partial charge on any atom is -0.369 e. The molecule has 0 unspecified atom stereocenters. The number of anilines is 1. The third-order valence-corrected chi connectivity index (χ3v) is 3.69. The summed E-state index contributed by atoms with van der Waals surface area (Å²) in [6, 6.07) is 8.35. The fraction of sp³-hybridized carbons (Fsp3) is 0.562. The van der Waals surface area contributed by atoms with Crippen molar-refractivity contribution < 1.29 is 4.79 Å². The Morgan fingerprint density at radius 1 is 1.19 bits per heavy atom. The molecule has 1 fully saturated rings. The summed E-state index contributed by atoms with van der Waals surface area (Å²) >= 11 is 0. The van der Waals surface area contributed by atoms with Crippen molar-refractivity contribution in [1.29, 1.82) is 0 Å². The summed E-state index contributed by atoms with van der Waals surface area (Å²) in [5.41, 5.74) is 2.40. The van der Waals surface area contributed by atoms with Gasteiger partial charge in [-0.25, -0.2) is 4.79 Å². The Bertz CT molecular complexity index is 467. The molecule has 1 aliphatic rings. The molecule has 0 aromatic heterocycles. The predicted molar refractivity (Wildman–Crippen MR) is 86.7 cm³/mol. The third-order valence-electron chi connectivity index (χ3n) is 3.69. The van der Waals surface area contributed by atoms with E-state index in [0.717, 1.165) is 26.2 Å². The summed E-state index contributed by atoms with van der Waals surface area (Å²) in [6.07, 6.45) is 0. The van der Waals surface area contributed by atoms with Crippen LogP contribution in [0.2, 0.25) is 0 Å². The van der Waals surface area contributed by atoms with Gasteiger partial charge in [-0.1, -0.05) is 18.2 Å². The quantitative estimate of drug-likeness (QED) is 0.886. The van der Waals surface area contributed by atoms with Gasteiger partial charge in [-0.2, -0.15) is 0 Å². The van der Waals surface area contributed by atoms with Crippen molar-refractivity contribution in [3.63, 3.8) is 0 Å². The minimum atomic E-state index is -0.113. The number of likely N-dealkylation sites (N-methyl/N-ethyl adjacent to an activating group) is 1. The molecule has 116 valence electrons. The summed E-state index contributed by atoms with van der Waals surface area (Å²) in [4.78, 5) is 16.5. The zero-order chi connectivity index (χ0) is 15.2. The molecule has 1 saturated heterocycles. The molecule has 0 saturated carbocycles. The molecular weight excluding hydrogens is 264 g/mol. The van der Waals surface area contributed by atoms with Crippen LogP contribution in [0.4, 0.5) is 10.5 Å². The van der Waals surface area contributed by atoms with Crippen molar-refractivity contribution in [3.05, 3.63) is 29.8 Å². The standard InChI is InChI=1S/C16H26N4O/c1-13(2)18-16(21)17-12-14-6-4-5-7-15(14)20-10-8-19(3)9-11-20/h4-7,13H,8-12H2,1-3H3,(H2,17,18,21). The van der Waals surface area contributed by atoms with E-state index < -0.39 is 0 Å². The van der Waals surface area contributed by atoms with E-state index in [2.05, 4.69) is 45.7 Å². The summed E-state index contributed by atoms with van der Waals surface area (Å²) in [7, 11) is 2.15. The highest BCUT2D eigenvalue weighted by atomic mass is 16.2. The first-order chi connectivity index (χ1) is 10.1. The monoisotopic (exact) mass is 290 g/mol.